The third kappa shape index (κ3) is 2.14. The minimum atomic E-state index is -3.21. The predicted octanol–water partition coefficient (Wildman–Crippen LogP) is 1.90. The van der Waals surface area contributed by atoms with Crippen molar-refractivity contribution in [1.29, 1.82) is 0 Å². The molecule has 0 unspecified atom stereocenters. The van der Waals surface area contributed by atoms with Gasteiger partial charge >= 0.3 is 0 Å². The van der Waals surface area contributed by atoms with Crippen molar-refractivity contribution < 1.29 is 12.9 Å². The maximum absolute atomic E-state index is 11.3. The zero-order chi connectivity index (χ0) is 11.8. The molecule has 5 nitrogen and oxygen atoms in total. The van der Waals surface area contributed by atoms with Gasteiger partial charge in [0.25, 0.3) is 0 Å². The van der Waals surface area contributed by atoms with Crippen LogP contribution in [0.3, 0.4) is 0 Å². The Bertz CT molecular complexity index is 572. The molecule has 0 fully saturated rings. The second-order valence-corrected chi connectivity index (χ2v) is 6.59. The second-order valence-electron chi connectivity index (χ2n) is 3.44. The summed E-state index contributed by atoms with van der Waals surface area (Å²) in [6.45, 7) is 1.53. The van der Waals surface area contributed by atoms with Crippen LogP contribution < -0.4 is 0 Å². The maximum atomic E-state index is 11.3. The smallest absolute Gasteiger partial charge is 0.244 e. The van der Waals surface area contributed by atoms with E-state index in [0.29, 0.717) is 5.82 Å². The Hall–Kier alpha value is -1.21. The molecule has 2 rings (SSSR count). The van der Waals surface area contributed by atoms with Crippen LogP contribution in [0, 0.1) is 0 Å². The molecule has 0 saturated carbocycles. The van der Waals surface area contributed by atoms with Crippen molar-refractivity contribution in [1.82, 2.24) is 10.1 Å². The molecule has 2 heterocycles. The molecule has 0 aromatic carbocycles. The van der Waals surface area contributed by atoms with Gasteiger partial charge in [0.15, 0.2) is 9.84 Å². The quantitative estimate of drug-likeness (QED) is 0.840. The lowest BCUT2D eigenvalue weighted by Gasteiger charge is -2.01. The molecule has 0 aliphatic rings. The average Bonchev–Trinajstić information content (AvgIpc) is 2.85. The number of hydrogen-bond donors (Lipinski definition) is 0. The van der Waals surface area contributed by atoms with E-state index in [1.54, 1.807) is 0 Å². The van der Waals surface area contributed by atoms with Gasteiger partial charge in [-0.25, -0.2) is 8.42 Å². The molecule has 0 aliphatic carbocycles. The van der Waals surface area contributed by atoms with E-state index in [4.69, 9.17) is 4.52 Å². The first-order valence-corrected chi connectivity index (χ1v) is 7.43. The number of hydrogen-bond acceptors (Lipinski definition) is 6. The number of sulfone groups is 1. The van der Waals surface area contributed by atoms with Crippen molar-refractivity contribution in [3.63, 3.8) is 0 Å². The molecule has 0 spiro atoms. The van der Waals surface area contributed by atoms with Crippen LogP contribution in [0.15, 0.2) is 21.3 Å². The Labute approximate surface area is 97.0 Å². The third-order valence-electron chi connectivity index (χ3n) is 2.21. The summed E-state index contributed by atoms with van der Waals surface area (Å²) < 4.78 is 27.5. The minimum Gasteiger partial charge on any atom is -0.338 e. The van der Waals surface area contributed by atoms with Crippen LogP contribution in [-0.4, -0.2) is 24.8 Å². The van der Waals surface area contributed by atoms with Crippen LogP contribution in [0.1, 0.15) is 18.1 Å². The monoisotopic (exact) mass is 258 g/mol. The van der Waals surface area contributed by atoms with E-state index in [2.05, 4.69) is 10.1 Å². The van der Waals surface area contributed by atoms with Gasteiger partial charge in [0.2, 0.25) is 11.7 Å². The van der Waals surface area contributed by atoms with Gasteiger partial charge in [-0.3, -0.25) is 0 Å². The van der Waals surface area contributed by atoms with E-state index < -0.39 is 15.1 Å². The molecule has 0 aliphatic heterocycles. The fraction of sp³-hybridized carbons (Fsp3) is 0.333. The van der Waals surface area contributed by atoms with E-state index in [9.17, 15) is 8.42 Å². The number of nitrogens with zero attached hydrogens (tertiary/aromatic N) is 2. The third-order valence-corrected chi connectivity index (χ3v) is 4.38. The Balaban J connectivity index is 2.34. The molecule has 0 N–H and O–H groups in total. The lowest BCUT2D eigenvalue weighted by molar-refractivity contribution is 0.377. The first-order chi connectivity index (χ1) is 7.48. The van der Waals surface area contributed by atoms with Gasteiger partial charge in [-0.1, -0.05) is 5.16 Å². The average molecular weight is 258 g/mol. The van der Waals surface area contributed by atoms with Gasteiger partial charge in [0.1, 0.15) is 5.25 Å². The Morgan fingerprint density at radius 1 is 1.50 bits per heavy atom. The van der Waals surface area contributed by atoms with Crippen LogP contribution in [0.2, 0.25) is 0 Å². The van der Waals surface area contributed by atoms with E-state index >= 15 is 0 Å². The first-order valence-electron chi connectivity index (χ1n) is 4.53. The molecule has 0 radical (unpaired) electrons. The summed E-state index contributed by atoms with van der Waals surface area (Å²) in [5, 5.41) is 6.75. The second kappa shape index (κ2) is 3.99. The fourth-order valence-corrected chi connectivity index (χ4v) is 2.19. The van der Waals surface area contributed by atoms with Gasteiger partial charge in [-0.2, -0.15) is 16.3 Å². The van der Waals surface area contributed by atoms with Crippen molar-refractivity contribution in [3.05, 3.63) is 22.7 Å². The lowest BCUT2D eigenvalue weighted by Crippen LogP contribution is -2.07. The largest absolute Gasteiger partial charge is 0.338 e. The van der Waals surface area contributed by atoms with Crippen molar-refractivity contribution >= 4 is 21.2 Å². The predicted molar refractivity (Wildman–Crippen MR) is 60.9 cm³/mol. The maximum Gasteiger partial charge on any atom is 0.244 e. The van der Waals surface area contributed by atoms with Crippen molar-refractivity contribution in [2.75, 3.05) is 6.26 Å². The summed E-state index contributed by atoms with van der Waals surface area (Å²) in [5.41, 5.74) is 0.834. The van der Waals surface area contributed by atoms with E-state index in [1.807, 2.05) is 16.8 Å². The Morgan fingerprint density at radius 3 is 2.81 bits per heavy atom. The topological polar surface area (TPSA) is 73.1 Å². The first kappa shape index (κ1) is 11.3. The van der Waals surface area contributed by atoms with Gasteiger partial charge in [-0.15, -0.1) is 0 Å². The highest BCUT2D eigenvalue weighted by Gasteiger charge is 2.24. The van der Waals surface area contributed by atoms with Crippen LogP contribution in [0.5, 0.6) is 0 Å². The highest BCUT2D eigenvalue weighted by Crippen LogP contribution is 2.23. The molecule has 16 heavy (non-hydrogen) atoms. The molecule has 0 amide bonds. The summed E-state index contributed by atoms with van der Waals surface area (Å²) in [6, 6.07) is 1.85. The molecule has 1 atom stereocenters. The van der Waals surface area contributed by atoms with Gasteiger partial charge in [-0.05, 0) is 18.4 Å². The van der Waals surface area contributed by atoms with Crippen LogP contribution in [0.25, 0.3) is 11.4 Å². The molecule has 0 saturated heterocycles. The molecular weight excluding hydrogens is 248 g/mol. The molecule has 7 heteroatoms. The normalized spacial score (nSPS) is 13.9. The van der Waals surface area contributed by atoms with Gasteiger partial charge in [0.05, 0.1) is 0 Å². The van der Waals surface area contributed by atoms with Crippen LogP contribution in [0.4, 0.5) is 0 Å². The standard InChI is InChI=1S/C9H10N2O3S2/c1-6(16(2,12)13)9-10-8(11-14-9)7-3-4-15-5-7/h3-6H,1-2H3/t6-/m1/s1. The molecule has 0 bridgehead atoms. The van der Waals surface area contributed by atoms with E-state index in [0.717, 1.165) is 11.8 Å². The van der Waals surface area contributed by atoms with Gasteiger partial charge in [0, 0.05) is 17.2 Å². The number of rotatable bonds is 3. The highest BCUT2D eigenvalue weighted by molar-refractivity contribution is 7.90. The zero-order valence-electron chi connectivity index (χ0n) is 8.75. The summed E-state index contributed by atoms with van der Waals surface area (Å²) in [5.74, 6) is 0.551. The van der Waals surface area contributed by atoms with Crippen LogP contribution >= 0.6 is 11.3 Å². The fourth-order valence-electron chi connectivity index (χ4n) is 1.09. The molecule has 2 aromatic rings. The van der Waals surface area contributed by atoms with Crippen molar-refractivity contribution in [2.45, 2.75) is 12.2 Å². The number of aromatic nitrogens is 2. The summed E-state index contributed by atoms with van der Waals surface area (Å²) in [4.78, 5) is 4.07. The highest BCUT2D eigenvalue weighted by atomic mass is 32.2. The summed E-state index contributed by atoms with van der Waals surface area (Å²) in [6.07, 6.45) is 1.14. The Morgan fingerprint density at radius 2 is 2.25 bits per heavy atom. The van der Waals surface area contributed by atoms with Crippen LogP contribution in [-0.2, 0) is 9.84 Å². The van der Waals surface area contributed by atoms with Crippen molar-refractivity contribution in [2.24, 2.45) is 0 Å². The molecule has 2 aromatic heterocycles. The zero-order valence-corrected chi connectivity index (χ0v) is 10.4. The molecular formula is C9H10N2O3S2. The minimum absolute atomic E-state index is 0.128. The van der Waals surface area contributed by atoms with E-state index in [1.165, 1.54) is 18.3 Å². The van der Waals surface area contributed by atoms with Gasteiger partial charge < -0.3 is 4.52 Å². The number of thiophene rings is 1. The lowest BCUT2D eigenvalue weighted by atomic mass is 10.3. The summed E-state index contributed by atoms with van der Waals surface area (Å²) >= 11 is 1.52. The summed E-state index contributed by atoms with van der Waals surface area (Å²) in [7, 11) is -3.21. The SMILES string of the molecule is C[C@H](c1nc(-c2ccsc2)no1)S(C)(=O)=O. The molecule has 86 valence electrons. The Kier molecular flexibility index (Phi) is 2.81. The van der Waals surface area contributed by atoms with Crippen molar-refractivity contribution in [3.8, 4) is 11.4 Å². The van der Waals surface area contributed by atoms with E-state index in [-0.39, 0.29) is 5.89 Å².